The number of nitrogens with zero attached hydrogens (tertiary/aromatic N) is 1. The average Bonchev–Trinajstić information content (AvgIpc) is 2.60. The number of halogens is 3. The summed E-state index contributed by atoms with van der Waals surface area (Å²) in [6.07, 6.45) is 2.40. The number of carbonyl (C=O) groups excluding carboxylic acids is 1. The van der Waals surface area contributed by atoms with E-state index < -0.39 is 17.5 Å². The van der Waals surface area contributed by atoms with E-state index in [-0.39, 0.29) is 10.6 Å². The van der Waals surface area contributed by atoms with E-state index in [0.717, 1.165) is 23.4 Å². The van der Waals surface area contributed by atoms with Crippen molar-refractivity contribution in [3.8, 4) is 0 Å². The van der Waals surface area contributed by atoms with Crippen LogP contribution >= 0.6 is 11.6 Å². The standard InChI is InChI=1S/C19H13ClF2N2O/c20-16-11-18(22)17(21)10-15(16)19(25)24-13-6-4-12(5-7-13)9-14-3-1-2-8-23-14/h1-8,10-11H,9H2,(H,24,25). The largest absolute Gasteiger partial charge is 0.322 e. The minimum atomic E-state index is -1.12. The monoisotopic (exact) mass is 358 g/mol. The molecule has 6 heteroatoms. The van der Waals surface area contributed by atoms with Crippen molar-refractivity contribution < 1.29 is 13.6 Å². The minimum absolute atomic E-state index is 0.127. The lowest BCUT2D eigenvalue weighted by molar-refractivity contribution is 0.102. The van der Waals surface area contributed by atoms with Gasteiger partial charge in [0, 0.05) is 24.0 Å². The van der Waals surface area contributed by atoms with Crippen molar-refractivity contribution in [2.45, 2.75) is 6.42 Å². The molecule has 0 radical (unpaired) electrons. The molecule has 0 aliphatic heterocycles. The zero-order chi connectivity index (χ0) is 17.8. The molecule has 1 N–H and O–H groups in total. The van der Waals surface area contributed by atoms with Crippen LogP contribution in [0.1, 0.15) is 21.6 Å². The average molecular weight is 359 g/mol. The molecule has 0 bridgehead atoms. The fourth-order valence-electron chi connectivity index (χ4n) is 2.31. The quantitative estimate of drug-likeness (QED) is 0.677. The second kappa shape index (κ2) is 7.40. The van der Waals surface area contributed by atoms with Crippen LogP contribution in [0.15, 0.2) is 60.8 Å². The molecule has 3 aromatic rings. The van der Waals surface area contributed by atoms with Gasteiger partial charge in [0.15, 0.2) is 11.6 Å². The number of hydrogen-bond donors (Lipinski definition) is 1. The Labute approximate surface area is 148 Å². The van der Waals surface area contributed by atoms with Gasteiger partial charge < -0.3 is 5.32 Å². The van der Waals surface area contributed by atoms with Crippen molar-refractivity contribution in [3.05, 3.63) is 94.3 Å². The van der Waals surface area contributed by atoms with Gasteiger partial charge in [0.05, 0.1) is 10.6 Å². The van der Waals surface area contributed by atoms with Crippen LogP contribution in [0.3, 0.4) is 0 Å². The first-order valence-corrected chi connectivity index (χ1v) is 7.85. The fraction of sp³-hybridized carbons (Fsp3) is 0.0526. The second-order valence-corrected chi connectivity index (χ2v) is 5.80. The van der Waals surface area contributed by atoms with E-state index >= 15 is 0 Å². The van der Waals surface area contributed by atoms with Crippen LogP contribution in [0.25, 0.3) is 0 Å². The van der Waals surface area contributed by atoms with E-state index in [1.165, 1.54) is 0 Å². The van der Waals surface area contributed by atoms with Crippen molar-refractivity contribution in [2.24, 2.45) is 0 Å². The number of amides is 1. The van der Waals surface area contributed by atoms with Gasteiger partial charge >= 0.3 is 0 Å². The summed E-state index contributed by atoms with van der Waals surface area (Å²) in [7, 11) is 0. The smallest absolute Gasteiger partial charge is 0.257 e. The summed E-state index contributed by atoms with van der Waals surface area (Å²) in [4.78, 5) is 16.4. The van der Waals surface area contributed by atoms with Gasteiger partial charge in [0.1, 0.15) is 0 Å². The van der Waals surface area contributed by atoms with E-state index in [9.17, 15) is 13.6 Å². The van der Waals surface area contributed by atoms with Gasteiger partial charge in [-0.2, -0.15) is 0 Å². The number of benzene rings is 2. The molecular formula is C19H13ClF2N2O. The molecule has 0 atom stereocenters. The SMILES string of the molecule is O=C(Nc1ccc(Cc2ccccn2)cc1)c1cc(F)c(F)cc1Cl. The number of anilines is 1. The Morgan fingerprint density at radius 1 is 1.04 bits per heavy atom. The molecule has 3 rings (SSSR count). The fourth-order valence-corrected chi connectivity index (χ4v) is 2.55. The molecule has 1 aromatic heterocycles. The Hall–Kier alpha value is -2.79. The van der Waals surface area contributed by atoms with Crippen molar-refractivity contribution in [1.29, 1.82) is 0 Å². The molecule has 0 fully saturated rings. The summed E-state index contributed by atoms with van der Waals surface area (Å²) >= 11 is 5.80. The van der Waals surface area contributed by atoms with Crippen molar-refractivity contribution in [2.75, 3.05) is 5.32 Å². The number of carbonyl (C=O) groups is 1. The predicted molar refractivity (Wildman–Crippen MR) is 92.8 cm³/mol. The van der Waals surface area contributed by atoms with E-state index in [1.54, 1.807) is 18.3 Å². The molecular weight excluding hydrogens is 346 g/mol. The van der Waals surface area contributed by atoms with Gasteiger partial charge in [0.2, 0.25) is 0 Å². The number of nitrogens with one attached hydrogen (secondary N) is 1. The Morgan fingerprint density at radius 3 is 2.44 bits per heavy atom. The molecule has 2 aromatic carbocycles. The predicted octanol–water partition coefficient (Wildman–Crippen LogP) is 4.86. The highest BCUT2D eigenvalue weighted by molar-refractivity contribution is 6.34. The van der Waals surface area contributed by atoms with Gasteiger partial charge in [-0.15, -0.1) is 0 Å². The zero-order valence-electron chi connectivity index (χ0n) is 13.0. The molecule has 0 unspecified atom stereocenters. The highest BCUT2D eigenvalue weighted by Crippen LogP contribution is 2.21. The highest BCUT2D eigenvalue weighted by atomic mass is 35.5. The lowest BCUT2D eigenvalue weighted by atomic mass is 10.1. The van der Waals surface area contributed by atoms with E-state index in [0.29, 0.717) is 12.1 Å². The Kier molecular flexibility index (Phi) is 5.05. The molecule has 0 aliphatic rings. The first-order chi connectivity index (χ1) is 12.0. The van der Waals surface area contributed by atoms with Crippen LogP contribution < -0.4 is 5.32 Å². The first-order valence-electron chi connectivity index (χ1n) is 7.47. The van der Waals surface area contributed by atoms with Crippen LogP contribution in [-0.4, -0.2) is 10.9 Å². The van der Waals surface area contributed by atoms with Crippen LogP contribution in [0.5, 0.6) is 0 Å². The third kappa shape index (κ3) is 4.19. The van der Waals surface area contributed by atoms with Crippen molar-refractivity contribution in [3.63, 3.8) is 0 Å². The van der Waals surface area contributed by atoms with Gasteiger partial charge in [-0.1, -0.05) is 29.8 Å². The van der Waals surface area contributed by atoms with Crippen LogP contribution in [0.2, 0.25) is 5.02 Å². The lowest BCUT2D eigenvalue weighted by Gasteiger charge is -2.08. The number of rotatable bonds is 4. The number of hydrogen-bond acceptors (Lipinski definition) is 2. The van der Waals surface area contributed by atoms with E-state index in [1.807, 2.05) is 30.3 Å². The highest BCUT2D eigenvalue weighted by Gasteiger charge is 2.15. The summed E-state index contributed by atoms with van der Waals surface area (Å²) in [6.45, 7) is 0. The summed E-state index contributed by atoms with van der Waals surface area (Å²) < 4.78 is 26.4. The third-order valence-corrected chi connectivity index (χ3v) is 3.89. The molecule has 0 spiro atoms. The number of pyridine rings is 1. The van der Waals surface area contributed by atoms with Gasteiger partial charge in [0.25, 0.3) is 5.91 Å². The summed E-state index contributed by atoms with van der Waals surface area (Å²) in [5.41, 5.74) is 2.36. The Bertz CT molecular complexity index is 899. The third-order valence-electron chi connectivity index (χ3n) is 3.58. The second-order valence-electron chi connectivity index (χ2n) is 5.40. The van der Waals surface area contributed by atoms with Crippen LogP contribution in [-0.2, 0) is 6.42 Å². The van der Waals surface area contributed by atoms with Crippen molar-refractivity contribution >= 4 is 23.2 Å². The van der Waals surface area contributed by atoms with Gasteiger partial charge in [-0.3, -0.25) is 9.78 Å². The normalized spacial score (nSPS) is 10.5. The maximum absolute atomic E-state index is 13.3. The zero-order valence-corrected chi connectivity index (χ0v) is 13.7. The first kappa shape index (κ1) is 17.0. The van der Waals surface area contributed by atoms with Gasteiger partial charge in [-0.25, -0.2) is 8.78 Å². The van der Waals surface area contributed by atoms with E-state index in [4.69, 9.17) is 11.6 Å². The molecule has 1 amide bonds. The molecule has 1 heterocycles. The van der Waals surface area contributed by atoms with Gasteiger partial charge in [-0.05, 0) is 42.0 Å². The maximum atomic E-state index is 13.3. The Morgan fingerprint density at radius 2 is 1.76 bits per heavy atom. The van der Waals surface area contributed by atoms with Crippen molar-refractivity contribution in [1.82, 2.24) is 4.98 Å². The topological polar surface area (TPSA) is 42.0 Å². The summed E-state index contributed by atoms with van der Waals surface area (Å²) in [6, 6.07) is 14.4. The van der Waals surface area contributed by atoms with Crippen LogP contribution in [0, 0.1) is 11.6 Å². The van der Waals surface area contributed by atoms with E-state index in [2.05, 4.69) is 10.3 Å². The summed E-state index contributed by atoms with van der Waals surface area (Å²) in [5, 5.41) is 2.46. The molecule has 3 nitrogen and oxygen atoms in total. The molecule has 0 saturated heterocycles. The molecule has 126 valence electrons. The molecule has 25 heavy (non-hydrogen) atoms. The lowest BCUT2D eigenvalue weighted by Crippen LogP contribution is -2.13. The molecule has 0 aliphatic carbocycles. The minimum Gasteiger partial charge on any atom is -0.322 e. The maximum Gasteiger partial charge on any atom is 0.257 e. The summed E-state index contributed by atoms with van der Waals surface area (Å²) in [5.74, 6) is -2.83. The molecule has 0 saturated carbocycles. The van der Waals surface area contributed by atoms with Crippen LogP contribution in [0.4, 0.5) is 14.5 Å². The number of aromatic nitrogens is 1. The Balaban J connectivity index is 1.71.